The fraction of sp³-hybridized carbons (Fsp3) is 0.579. The molecule has 1 aromatic carbocycles. The molecule has 5 nitrogen and oxygen atoms in total. The molecule has 1 aromatic rings. The summed E-state index contributed by atoms with van der Waals surface area (Å²) in [5, 5.41) is 3.42. The molecular formula is C19H28BrIN4O. The van der Waals surface area contributed by atoms with Gasteiger partial charge < -0.3 is 15.1 Å². The maximum atomic E-state index is 11.5. The van der Waals surface area contributed by atoms with Crippen LogP contribution in [0.15, 0.2) is 33.7 Å². The molecule has 0 atom stereocenters. The molecule has 0 spiro atoms. The Morgan fingerprint density at radius 1 is 1.23 bits per heavy atom. The van der Waals surface area contributed by atoms with E-state index < -0.39 is 0 Å². The highest BCUT2D eigenvalue weighted by molar-refractivity contribution is 14.0. The standard InChI is InChI=1S/C19H27BrN4O.HI/c1-3-21-18(24-11-9-23(10-12-24)15(2)25)22-14-19(7-8-19)16-5-4-6-17(20)13-16;/h4-6,13H,3,7-12,14H2,1-2H3,(H,21,22);1H. The second kappa shape index (κ2) is 9.39. The molecule has 1 heterocycles. The highest BCUT2D eigenvalue weighted by atomic mass is 127. The number of rotatable bonds is 4. The summed E-state index contributed by atoms with van der Waals surface area (Å²) < 4.78 is 1.13. The zero-order valence-corrected chi connectivity index (χ0v) is 19.4. The van der Waals surface area contributed by atoms with Gasteiger partial charge in [-0.3, -0.25) is 9.79 Å². The molecule has 3 rings (SSSR count). The molecule has 144 valence electrons. The van der Waals surface area contributed by atoms with E-state index >= 15 is 0 Å². The van der Waals surface area contributed by atoms with Crippen molar-refractivity contribution in [2.24, 2.45) is 4.99 Å². The third kappa shape index (κ3) is 5.12. The fourth-order valence-electron chi connectivity index (χ4n) is 3.39. The average Bonchev–Trinajstić information content (AvgIpc) is 3.40. The van der Waals surface area contributed by atoms with E-state index in [0.717, 1.165) is 49.7 Å². The number of halogens is 2. The zero-order valence-electron chi connectivity index (χ0n) is 15.5. The maximum Gasteiger partial charge on any atom is 0.219 e. The van der Waals surface area contributed by atoms with Crippen LogP contribution < -0.4 is 5.32 Å². The number of amides is 1. The first-order valence-corrected chi connectivity index (χ1v) is 9.88. The van der Waals surface area contributed by atoms with Crippen LogP contribution in [-0.4, -0.2) is 60.9 Å². The average molecular weight is 535 g/mol. The van der Waals surface area contributed by atoms with Crippen molar-refractivity contribution in [1.29, 1.82) is 0 Å². The van der Waals surface area contributed by atoms with Crippen molar-refractivity contribution in [3.8, 4) is 0 Å². The molecule has 1 N–H and O–H groups in total. The summed E-state index contributed by atoms with van der Waals surface area (Å²) in [5.41, 5.74) is 1.58. The quantitative estimate of drug-likeness (QED) is 0.366. The van der Waals surface area contributed by atoms with Gasteiger partial charge in [0.25, 0.3) is 0 Å². The summed E-state index contributed by atoms with van der Waals surface area (Å²) in [7, 11) is 0. The smallest absolute Gasteiger partial charge is 0.219 e. The first-order chi connectivity index (χ1) is 12.0. The summed E-state index contributed by atoms with van der Waals surface area (Å²) in [6.45, 7) is 8.65. The van der Waals surface area contributed by atoms with E-state index in [2.05, 4.69) is 57.3 Å². The van der Waals surface area contributed by atoms with E-state index in [4.69, 9.17) is 4.99 Å². The Balaban J connectivity index is 0.00000243. The first kappa shape index (κ1) is 21.5. The van der Waals surface area contributed by atoms with Crippen molar-refractivity contribution in [2.45, 2.75) is 32.1 Å². The summed E-state index contributed by atoms with van der Waals surface area (Å²) in [6, 6.07) is 8.61. The van der Waals surface area contributed by atoms with E-state index in [0.29, 0.717) is 0 Å². The number of aliphatic imine (C=N–C) groups is 1. The lowest BCUT2D eigenvalue weighted by atomic mass is 9.96. The number of benzene rings is 1. The topological polar surface area (TPSA) is 47.9 Å². The largest absolute Gasteiger partial charge is 0.357 e. The third-order valence-electron chi connectivity index (χ3n) is 5.18. The van der Waals surface area contributed by atoms with E-state index in [9.17, 15) is 4.79 Å². The number of carbonyl (C=O) groups is 1. The molecule has 1 saturated heterocycles. The van der Waals surface area contributed by atoms with E-state index in [1.807, 2.05) is 4.90 Å². The Hall–Kier alpha value is -0.830. The van der Waals surface area contributed by atoms with Crippen LogP contribution >= 0.6 is 39.9 Å². The number of nitrogens with one attached hydrogen (secondary N) is 1. The van der Waals surface area contributed by atoms with Crippen molar-refractivity contribution in [2.75, 3.05) is 39.3 Å². The van der Waals surface area contributed by atoms with Crippen LogP contribution in [0, 0.1) is 0 Å². The first-order valence-electron chi connectivity index (χ1n) is 9.09. The lowest BCUT2D eigenvalue weighted by Crippen LogP contribution is -2.53. The third-order valence-corrected chi connectivity index (χ3v) is 5.67. The minimum atomic E-state index is 0. The van der Waals surface area contributed by atoms with Crippen LogP contribution in [0.1, 0.15) is 32.3 Å². The molecule has 1 saturated carbocycles. The van der Waals surface area contributed by atoms with Crippen LogP contribution in [-0.2, 0) is 10.2 Å². The highest BCUT2D eigenvalue weighted by Crippen LogP contribution is 2.48. The number of hydrogen-bond donors (Lipinski definition) is 1. The van der Waals surface area contributed by atoms with Gasteiger partial charge in [-0.15, -0.1) is 24.0 Å². The molecule has 0 radical (unpaired) electrons. The summed E-state index contributed by atoms with van der Waals surface area (Å²) in [5.74, 6) is 1.14. The van der Waals surface area contributed by atoms with E-state index in [1.165, 1.54) is 18.4 Å². The van der Waals surface area contributed by atoms with Crippen LogP contribution in [0.5, 0.6) is 0 Å². The van der Waals surface area contributed by atoms with E-state index in [-0.39, 0.29) is 35.3 Å². The number of hydrogen-bond acceptors (Lipinski definition) is 2. The summed E-state index contributed by atoms with van der Waals surface area (Å²) in [4.78, 5) is 20.7. The van der Waals surface area contributed by atoms with Gasteiger partial charge in [0.2, 0.25) is 5.91 Å². The van der Waals surface area contributed by atoms with Crippen LogP contribution in [0.3, 0.4) is 0 Å². The summed E-state index contributed by atoms with van der Waals surface area (Å²) >= 11 is 3.58. The van der Waals surface area contributed by atoms with Crippen molar-refractivity contribution in [1.82, 2.24) is 15.1 Å². The van der Waals surface area contributed by atoms with Crippen LogP contribution in [0.2, 0.25) is 0 Å². The zero-order chi connectivity index (χ0) is 17.9. The molecule has 0 aromatic heterocycles. The Kier molecular flexibility index (Phi) is 7.76. The van der Waals surface area contributed by atoms with Crippen molar-refractivity contribution >= 4 is 51.8 Å². The molecule has 26 heavy (non-hydrogen) atoms. The van der Waals surface area contributed by atoms with Gasteiger partial charge >= 0.3 is 0 Å². The van der Waals surface area contributed by atoms with Gasteiger partial charge in [0.1, 0.15) is 0 Å². The molecule has 7 heteroatoms. The Labute approximate surface area is 181 Å². The normalized spacial score (nSPS) is 19.0. The van der Waals surface area contributed by atoms with E-state index in [1.54, 1.807) is 6.92 Å². The highest BCUT2D eigenvalue weighted by Gasteiger charge is 2.44. The fourth-order valence-corrected chi connectivity index (χ4v) is 3.79. The van der Waals surface area contributed by atoms with Gasteiger partial charge in [0.15, 0.2) is 5.96 Å². The number of guanidine groups is 1. The molecule has 2 fully saturated rings. The Bertz CT molecular complexity index is 655. The number of piperazine rings is 1. The van der Waals surface area contributed by atoms with Crippen LogP contribution in [0.4, 0.5) is 0 Å². The Morgan fingerprint density at radius 3 is 2.42 bits per heavy atom. The van der Waals surface area contributed by atoms with Gasteiger partial charge in [-0.25, -0.2) is 0 Å². The molecule has 0 unspecified atom stereocenters. The molecule has 1 aliphatic carbocycles. The minimum Gasteiger partial charge on any atom is -0.357 e. The lowest BCUT2D eigenvalue weighted by Gasteiger charge is -2.36. The van der Waals surface area contributed by atoms with Gasteiger partial charge in [-0.2, -0.15) is 0 Å². The van der Waals surface area contributed by atoms with Gasteiger partial charge in [0.05, 0.1) is 6.54 Å². The maximum absolute atomic E-state index is 11.5. The molecule has 0 bridgehead atoms. The second-order valence-electron chi connectivity index (χ2n) is 6.95. The lowest BCUT2D eigenvalue weighted by molar-refractivity contribution is -0.130. The predicted molar refractivity (Wildman–Crippen MR) is 120 cm³/mol. The van der Waals surface area contributed by atoms with Crippen molar-refractivity contribution in [3.05, 3.63) is 34.3 Å². The minimum absolute atomic E-state index is 0. The summed E-state index contributed by atoms with van der Waals surface area (Å²) in [6.07, 6.45) is 2.40. The molecule has 1 aliphatic heterocycles. The SMILES string of the molecule is CCNC(=NCC1(c2cccc(Br)c2)CC1)N1CCN(C(C)=O)CC1.I. The molecular weight excluding hydrogens is 507 g/mol. The predicted octanol–water partition coefficient (Wildman–Crippen LogP) is 3.23. The van der Waals surface area contributed by atoms with Crippen molar-refractivity contribution < 1.29 is 4.79 Å². The number of carbonyl (C=O) groups excluding carboxylic acids is 1. The monoisotopic (exact) mass is 534 g/mol. The van der Waals surface area contributed by atoms with Gasteiger partial charge in [-0.1, -0.05) is 28.1 Å². The molecule has 1 amide bonds. The molecule has 2 aliphatic rings. The number of nitrogens with zero attached hydrogens (tertiary/aromatic N) is 3. The van der Waals surface area contributed by atoms with Crippen molar-refractivity contribution in [3.63, 3.8) is 0 Å². The Morgan fingerprint density at radius 2 is 1.88 bits per heavy atom. The van der Waals surface area contributed by atoms with Gasteiger partial charge in [-0.05, 0) is 37.5 Å². The van der Waals surface area contributed by atoms with Gasteiger partial charge in [0, 0.05) is 49.5 Å². The van der Waals surface area contributed by atoms with Crippen LogP contribution in [0.25, 0.3) is 0 Å². The second-order valence-corrected chi connectivity index (χ2v) is 7.87.